The number of hydrogen-bond donors (Lipinski definition) is 0. The molecule has 1 atom stereocenters. The summed E-state index contributed by atoms with van der Waals surface area (Å²) < 4.78 is 47.0. The summed E-state index contributed by atoms with van der Waals surface area (Å²) in [6.07, 6.45) is 5.41. The largest absolute Gasteiger partial charge is 0.464 e. The molecular formula is C17H21F3O2S. The Morgan fingerprint density at radius 2 is 1.87 bits per heavy atom. The second-order valence-corrected chi connectivity index (χ2v) is 8.24. The molecule has 1 heterocycles. The molecule has 1 aliphatic heterocycles. The highest BCUT2D eigenvalue weighted by molar-refractivity contribution is 8.34. The molecule has 6 heteroatoms. The van der Waals surface area contributed by atoms with Gasteiger partial charge < -0.3 is 4.18 Å². The Balaban J connectivity index is 2.44. The maximum atomic E-state index is 14.0. The van der Waals surface area contributed by atoms with Gasteiger partial charge in [0.25, 0.3) is 0 Å². The van der Waals surface area contributed by atoms with Crippen molar-refractivity contribution in [2.75, 3.05) is 0 Å². The van der Waals surface area contributed by atoms with Gasteiger partial charge in [-0.1, -0.05) is 44.4 Å². The number of halogens is 3. The lowest BCUT2D eigenvalue weighted by Gasteiger charge is -2.39. The summed E-state index contributed by atoms with van der Waals surface area (Å²) in [4.78, 5) is 11.8. The smallest absolute Gasteiger partial charge is 0.399 e. The van der Waals surface area contributed by atoms with Crippen molar-refractivity contribution in [2.45, 2.75) is 56.4 Å². The van der Waals surface area contributed by atoms with E-state index in [0.29, 0.717) is 18.4 Å². The van der Waals surface area contributed by atoms with E-state index in [1.807, 2.05) is 0 Å². The lowest BCUT2D eigenvalue weighted by Crippen LogP contribution is -2.25. The molecule has 2 nitrogen and oxygen atoms in total. The molecule has 0 fully saturated rings. The van der Waals surface area contributed by atoms with Crippen LogP contribution in [-0.2, 0) is 8.98 Å². The Labute approximate surface area is 136 Å². The van der Waals surface area contributed by atoms with Gasteiger partial charge in [-0.2, -0.15) is 13.2 Å². The Hall–Kier alpha value is -1.43. The number of unbranched alkanes of at least 4 members (excludes halogenated alkanes) is 3. The van der Waals surface area contributed by atoms with E-state index in [-0.39, 0.29) is 9.80 Å². The van der Waals surface area contributed by atoms with Crippen LogP contribution >= 0.6 is 10.3 Å². The molecule has 1 aromatic rings. The van der Waals surface area contributed by atoms with Crippen LogP contribution in [0.2, 0.25) is 0 Å². The first-order valence-electron chi connectivity index (χ1n) is 7.72. The minimum atomic E-state index is -4.61. The van der Waals surface area contributed by atoms with E-state index < -0.39 is 21.8 Å². The number of alkyl halides is 3. The summed E-state index contributed by atoms with van der Waals surface area (Å²) in [6.45, 7) is 3.09. The van der Waals surface area contributed by atoms with Gasteiger partial charge in [0.15, 0.2) is 0 Å². The number of hydrogen-bond acceptors (Lipinski definition) is 2. The maximum absolute atomic E-state index is 14.0. The molecule has 0 saturated carbocycles. The second-order valence-electron chi connectivity index (χ2n) is 5.54. The summed E-state index contributed by atoms with van der Waals surface area (Å²) in [5.74, 6) is -0.895. The maximum Gasteiger partial charge on any atom is 0.464 e. The molecule has 1 aromatic carbocycles. The van der Waals surface area contributed by atoms with Crippen molar-refractivity contribution < 1.29 is 22.1 Å². The number of allylic oxidation sites excluding steroid dienone is 1. The number of rotatable bonds is 6. The lowest BCUT2D eigenvalue weighted by molar-refractivity contribution is -0.132. The van der Waals surface area contributed by atoms with E-state index in [1.165, 1.54) is 6.07 Å². The predicted molar refractivity (Wildman–Crippen MR) is 86.9 cm³/mol. The van der Waals surface area contributed by atoms with Gasteiger partial charge in [0.1, 0.15) is 0 Å². The van der Waals surface area contributed by atoms with Crippen molar-refractivity contribution >= 4 is 22.4 Å². The van der Waals surface area contributed by atoms with E-state index in [4.69, 9.17) is 4.18 Å². The Kier molecular flexibility index (Phi) is 5.45. The Morgan fingerprint density at radius 3 is 2.48 bits per heavy atom. The molecule has 0 bridgehead atoms. The summed E-state index contributed by atoms with van der Waals surface area (Å²) >= 11 is 0. The SMILES string of the molecule is CCCCCCC1=Cc2ccccc2S1(OC(C)=O)C(F)(F)F. The van der Waals surface area contributed by atoms with Gasteiger partial charge in [-0.05, 0) is 30.5 Å². The summed E-state index contributed by atoms with van der Waals surface area (Å²) in [5.41, 5.74) is -4.10. The van der Waals surface area contributed by atoms with E-state index in [9.17, 15) is 18.0 Å². The first-order chi connectivity index (χ1) is 10.8. The Morgan fingerprint density at radius 1 is 1.17 bits per heavy atom. The second kappa shape index (κ2) is 6.99. The molecule has 0 N–H and O–H groups in total. The van der Waals surface area contributed by atoms with Crippen molar-refractivity contribution in [3.63, 3.8) is 0 Å². The fraction of sp³-hybridized carbons (Fsp3) is 0.471. The van der Waals surface area contributed by atoms with Crippen molar-refractivity contribution in [1.29, 1.82) is 0 Å². The summed E-state index contributed by atoms with van der Waals surface area (Å²) in [7, 11) is -3.75. The number of fused-ring (bicyclic) bond motifs is 1. The van der Waals surface area contributed by atoms with Crippen LogP contribution in [0.1, 0.15) is 51.5 Å². The van der Waals surface area contributed by atoms with Crippen LogP contribution in [0, 0.1) is 0 Å². The van der Waals surface area contributed by atoms with Gasteiger partial charge in [-0.3, -0.25) is 4.79 Å². The molecule has 128 valence electrons. The van der Waals surface area contributed by atoms with Gasteiger partial charge in [0, 0.05) is 16.7 Å². The first kappa shape index (κ1) is 17.9. The molecule has 0 saturated heterocycles. The molecule has 0 aromatic heterocycles. The van der Waals surface area contributed by atoms with Crippen molar-refractivity contribution in [1.82, 2.24) is 0 Å². The standard InChI is InChI=1S/C17H21F3O2S/c1-3-4-5-6-10-15-12-14-9-7-8-11-16(14)23(15,17(18,19)20)22-13(2)21/h7-9,11-12H,3-6,10H2,1-2H3. The van der Waals surface area contributed by atoms with E-state index >= 15 is 0 Å². The van der Waals surface area contributed by atoms with Crippen molar-refractivity contribution in [3.8, 4) is 0 Å². The number of carbonyl (C=O) groups is 1. The monoisotopic (exact) mass is 346 g/mol. The van der Waals surface area contributed by atoms with E-state index in [2.05, 4.69) is 6.92 Å². The molecule has 0 spiro atoms. The third kappa shape index (κ3) is 3.42. The van der Waals surface area contributed by atoms with Gasteiger partial charge >= 0.3 is 11.5 Å². The van der Waals surface area contributed by atoms with Crippen LogP contribution in [0.5, 0.6) is 0 Å². The average molecular weight is 346 g/mol. The van der Waals surface area contributed by atoms with E-state index in [0.717, 1.165) is 26.2 Å². The lowest BCUT2D eigenvalue weighted by atomic mass is 10.1. The molecule has 0 amide bonds. The normalized spacial score (nSPS) is 22.9. The fourth-order valence-electron chi connectivity index (χ4n) is 2.80. The van der Waals surface area contributed by atoms with Crippen LogP contribution in [0.15, 0.2) is 34.1 Å². The average Bonchev–Trinajstić information content (AvgIpc) is 2.78. The van der Waals surface area contributed by atoms with Gasteiger partial charge in [0.2, 0.25) is 0 Å². The minimum Gasteiger partial charge on any atom is -0.399 e. The summed E-state index contributed by atoms with van der Waals surface area (Å²) in [5, 5.41) is 0. The van der Waals surface area contributed by atoms with Crippen LogP contribution in [-0.4, -0.2) is 11.5 Å². The molecule has 0 aliphatic carbocycles. The highest BCUT2D eigenvalue weighted by atomic mass is 32.3. The fourth-order valence-corrected chi connectivity index (χ4v) is 5.72. The highest BCUT2D eigenvalue weighted by Gasteiger charge is 2.59. The van der Waals surface area contributed by atoms with Crippen LogP contribution in [0.3, 0.4) is 0 Å². The molecule has 23 heavy (non-hydrogen) atoms. The highest BCUT2D eigenvalue weighted by Crippen LogP contribution is 2.77. The number of carbonyl (C=O) groups excluding carboxylic acids is 1. The Bertz CT molecular complexity index is 610. The quantitative estimate of drug-likeness (QED) is 0.576. The molecule has 1 unspecified atom stereocenters. The predicted octanol–water partition coefficient (Wildman–Crippen LogP) is 6.17. The molecule has 2 rings (SSSR count). The third-order valence-electron chi connectivity index (χ3n) is 3.76. The van der Waals surface area contributed by atoms with Crippen LogP contribution < -0.4 is 0 Å². The zero-order chi connectivity index (χ0) is 17.1. The number of benzene rings is 1. The van der Waals surface area contributed by atoms with Crippen molar-refractivity contribution in [3.05, 3.63) is 34.7 Å². The van der Waals surface area contributed by atoms with Gasteiger partial charge in [-0.15, -0.1) is 0 Å². The molecule has 0 radical (unpaired) electrons. The molecular weight excluding hydrogens is 325 g/mol. The van der Waals surface area contributed by atoms with E-state index in [1.54, 1.807) is 24.3 Å². The molecule has 1 aliphatic rings. The van der Waals surface area contributed by atoms with Gasteiger partial charge in [-0.25, -0.2) is 0 Å². The summed E-state index contributed by atoms with van der Waals surface area (Å²) in [6, 6.07) is 6.33. The third-order valence-corrected chi connectivity index (χ3v) is 6.95. The van der Waals surface area contributed by atoms with Crippen LogP contribution in [0.4, 0.5) is 13.2 Å². The van der Waals surface area contributed by atoms with Gasteiger partial charge in [0.05, 0.1) is 10.3 Å². The zero-order valence-corrected chi connectivity index (χ0v) is 14.1. The minimum absolute atomic E-state index is 0.0909. The van der Waals surface area contributed by atoms with Crippen LogP contribution in [0.25, 0.3) is 6.08 Å². The zero-order valence-electron chi connectivity index (χ0n) is 13.3. The topological polar surface area (TPSA) is 26.3 Å². The first-order valence-corrected chi connectivity index (χ1v) is 9.28. The van der Waals surface area contributed by atoms with Crippen molar-refractivity contribution in [2.24, 2.45) is 0 Å².